The van der Waals surface area contributed by atoms with E-state index >= 15 is 0 Å². The van der Waals surface area contributed by atoms with Gasteiger partial charge in [-0.25, -0.2) is 9.69 Å². The van der Waals surface area contributed by atoms with Gasteiger partial charge in [0.2, 0.25) is 0 Å². The topological polar surface area (TPSA) is 47.1 Å². The van der Waals surface area contributed by atoms with Crippen LogP contribution in [0.3, 0.4) is 0 Å². The van der Waals surface area contributed by atoms with Crippen LogP contribution in [0, 0.1) is 5.92 Å². The van der Waals surface area contributed by atoms with Gasteiger partial charge in [0.05, 0.1) is 13.3 Å². The van der Waals surface area contributed by atoms with Crippen molar-refractivity contribution in [3.05, 3.63) is 0 Å². The summed E-state index contributed by atoms with van der Waals surface area (Å²) in [6.07, 6.45) is 47.7. The van der Waals surface area contributed by atoms with Crippen LogP contribution >= 0.6 is 0 Å². The molecule has 0 spiro atoms. The molecule has 1 aliphatic heterocycles. The molecule has 342 valence electrons. The molecule has 58 heavy (non-hydrogen) atoms. The van der Waals surface area contributed by atoms with E-state index in [0.29, 0.717) is 13.3 Å². The molecule has 0 aromatic rings. The molecule has 1 saturated heterocycles. The lowest BCUT2D eigenvalue weighted by Gasteiger charge is -2.42. The first-order chi connectivity index (χ1) is 28.4. The summed E-state index contributed by atoms with van der Waals surface area (Å²) in [6.45, 7) is 16.5. The van der Waals surface area contributed by atoms with Crippen LogP contribution in [0.4, 0.5) is 4.79 Å². The summed E-state index contributed by atoms with van der Waals surface area (Å²) in [4.78, 5) is 38.6. The number of carbonyl (C=O) groups excluding carboxylic acids is 2. The predicted molar refractivity (Wildman–Crippen MR) is 252 cm³/mol. The first kappa shape index (κ1) is 53.0. The molecule has 1 aliphatic carbocycles. The Kier molecular flexibility index (Phi) is 32.4. The lowest BCUT2D eigenvalue weighted by atomic mass is 9.75. The summed E-state index contributed by atoms with van der Waals surface area (Å²) in [7, 11) is 0. The minimum Gasteiger partial charge on any atom is -0.297 e. The Labute approximate surface area is 363 Å². The standard InChI is InChI=1S/C52H102N4O2/c1-6-10-14-18-22-26-30-37-43-53(44-38-31-27-23-19-15-11-7-2)47-55-50(57)52(5,49-41-35-34-36-42-49)56(51(55)58)48-54(45-39-32-28-24-20-16-12-8-3)46-40-33-29-25-21-17-13-9-4/h49H,6-48H2,1-5H3. The third-order valence-electron chi connectivity index (χ3n) is 14.1. The van der Waals surface area contributed by atoms with Gasteiger partial charge in [0.1, 0.15) is 5.54 Å². The quantitative estimate of drug-likeness (QED) is 0.0456. The van der Waals surface area contributed by atoms with Crippen molar-refractivity contribution in [3.8, 4) is 0 Å². The molecular formula is C52H102N4O2. The molecule has 2 fully saturated rings. The highest BCUT2D eigenvalue weighted by Crippen LogP contribution is 2.42. The third kappa shape index (κ3) is 22.1. The molecule has 0 bridgehead atoms. The number of unbranched alkanes of at least 4 members (excludes halogenated alkanes) is 28. The largest absolute Gasteiger partial charge is 0.329 e. The maximum absolute atomic E-state index is 14.9. The molecule has 1 heterocycles. The zero-order valence-electron chi connectivity index (χ0n) is 40.1. The first-order valence-corrected chi connectivity index (χ1v) is 26.5. The van der Waals surface area contributed by atoms with Crippen LogP contribution in [0.15, 0.2) is 0 Å². The second-order valence-electron chi connectivity index (χ2n) is 19.3. The molecule has 6 nitrogen and oxygen atoms in total. The summed E-state index contributed by atoms with van der Waals surface area (Å²) in [5.41, 5.74) is -0.739. The number of hydrogen-bond acceptors (Lipinski definition) is 4. The Morgan fingerprint density at radius 3 is 1.05 bits per heavy atom. The fraction of sp³-hybridized carbons (Fsp3) is 0.962. The first-order valence-electron chi connectivity index (χ1n) is 26.5. The third-order valence-corrected chi connectivity index (χ3v) is 14.1. The van der Waals surface area contributed by atoms with Gasteiger partial charge < -0.3 is 0 Å². The van der Waals surface area contributed by atoms with Crippen molar-refractivity contribution < 1.29 is 9.59 Å². The van der Waals surface area contributed by atoms with Gasteiger partial charge in [0.25, 0.3) is 5.91 Å². The fourth-order valence-electron chi connectivity index (χ4n) is 10.00. The van der Waals surface area contributed by atoms with Gasteiger partial charge in [0, 0.05) is 0 Å². The lowest BCUT2D eigenvalue weighted by molar-refractivity contribution is -0.137. The van der Waals surface area contributed by atoms with Crippen LogP contribution in [0.5, 0.6) is 0 Å². The summed E-state index contributed by atoms with van der Waals surface area (Å²) < 4.78 is 0. The van der Waals surface area contributed by atoms with Gasteiger partial charge in [-0.3, -0.25) is 19.5 Å². The van der Waals surface area contributed by atoms with Crippen LogP contribution in [0.25, 0.3) is 0 Å². The average molecular weight is 815 g/mol. The molecule has 0 N–H and O–H groups in total. The van der Waals surface area contributed by atoms with Crippen molar-refractivity contribution in [2.75, 3.05) is 39.5 Å². The zero-order valence-corrected chi connectivity index (χ0v) is 40.1. The van der Waals surface area contributed by atoms with E-state index in [0.717, 1.165) is 51.9 Å². The number of urea groups is 1. The van der Waals surface area contributed by atoms with Gasteiger partial charge in [0.15, 0.2) is 0 Å². The molecule has 2 aliphatic rings. The van der Waals surface area contributed by atoms with Crippen molar-refractivity contribution >= 4 is 11.9 Å². The molecule has 2 rings (SSSR count). The number of amides is 3. The summed E-state index contributed by atoms with van der Waals surface area (Å²) in [6, 6.07) is -0.00762. The van der Waals surface area contributed by atoms with E-state index in [2.05, 4.69) is 49.3 Å². The van der Waals surface area contributed by atoms with E-state index < -0.39 is 5.54 Å². The van der Waals surface area contributed by atoms with Crippen molar-refractivity contribution in [1.82, 2.24) is 19.6 Å². The number of hydrogen-bond donors (Lipinski definition) is 0. The second-order valence-corrected chi connectivity index (χ2v) is 19.3. The van der Waals surface area contributed by atoms with E-state index in [1.165, 1.54) is 212 Å². The van der Waals surface area contributed by atoms with Gasteiger partial charge in [-0.2, -0.15) is 0 Å². The van der Waals surface area contributed by atoms with Crippen molar-refractivity contribution in [2.24, 2.45) is 5.92 Å². The maximum atomic E-state index is 14.9. The smallest absolute Gasteiger partial charge is 0.297 e. The molecule has 3 amide bonds. The van der Waals surface area contributed by atoms with Gasteiger partial charge in [-0.1, -0.05) is 227 Å². The molecule has 1 unspecified atom stereocenters. The Hall–Kier alpha value is -1.14. The fourth-order valence-corrected chi connectivity index (χ4v) is 10.00. The average Bonchev–Trinajstić information content (AvgIpc) is 3.41. The Morgan fingerprint density at radius 1 is 0.431 bits per heavy atom. The van der Waals surface area contributed by atoms with Crippen molar-refractivity contribution in [3.63, 3.8) is 0 Å². The van der Waals surface area contributed by atoms with Crippen LogP contribution in [0.2, 0.25) is 0 Å². The molecule has 1 saturated carbocycles. The normalized spacial score (nSPS) is 17.9. The van der Waals surface area contributed by atoms with Crippen LogP contribution < -0.4 is 0 Å². The van der Waals surface area contributed by atoms with Crippen LogP contribution in [-0.4, -0.2) is 76.6 Å². The monoisotopic (exact) mass is 815 g/mol. The summed E-state index contributed by atoms with van der Waals surface area (Å²) in [5, 5.41) is 0. The maximum Gasteiger partial charge on any atom is 0.329 e. The SMILES string of the molecule is CCCCCCCCCCN(CCCCCCCCCC)CN1C(=O)N(CN(CCCCCCCCCC)CCCCCCCCCC)C(C)(C2CCCCC2)C1=O. The number of carbonyl (C=O) groups is 2. The Balaban J connectivity index is 2.16. The van der Waals surface area contributed by atoms with Crippen molar-refractivity contribution in [2.45, 2.75) is 278 Å². The molecule has 1 atom stereocenters. The second kappa shape index (κ2) is 35.5. The molecule has 0 aromatic carbocycles. The van der Waals surface area contributed by atoms with Crippen LogP contribution in [-0.2, 0) is 4.79 Å². The minimum atomic E-state index is -0.739. The summed E-state index contributed by atoms with van der Waals surface area (Å²) in [5.74, 6) is 0.352. The van der Waals surface area contributed by atoms with Gasteiger partial charge in [-0.05, 0) is 77.5 Å². The molecular weight excluding hydrogens is 713 g/mol. The number of nitrogens with zero attached hydrogens (tertiary/aromatic N) is 4. The Morgan fingerprint density at radius 2 is 0.724 bits per heavy atom. The van der Waals surface area contributed by atoms with E-state index in [-0.39, 0.29) is 17.9 Å². The van der Waals surface area contributed by atoms with E-state index in [1.54, 1.807) is 4.90 Å². The minimum absolute atomic E-state index is 0.00762. The predicted octanol–water partition coefficient (Wildman–Crippen LogP) is 15.7. The van der Waals surface area contributed by atoms with E-state index in [1.807, 2.05) is 0 Å². The molecule has 0 aromatic heterocycles. The Bertz CT molecular complexity index is 929. The lowest BCUT2D eigenvalue weighted by Crippen LogP contribution is -2.56. The zero-order chi connectivity index (χ0) is 41.9. The highest BCUT2D eigenvalue weighted by Gasteiger charge is 2.58. The highest BCUT2D eigenvalue weighted by atomic mass is 16.2. The van der Waals surface area contributed by atoms with Gasteiger partial charge in [-0.15, -0.1) is 0 Å². The number of rotatable bonds is 41. The number of imide groups is 1. The van der Waals surface area contributed by atoms with E-state index in [9.17, 15) is 9.59 Å². The van der Waals surface area contributed by atoms with Gasteiger partial charge >= 0.3 is 6.03 Å². The molecule has 0 radical (unpaired) electrons. The highest BCUT2D eigenvalue weighted by molar-refractivity contribution is 6.07. The summed E-state index contributed by atoms with van der Waals surface area (Å²) >= 11 is 0. The van der Waals surface area contributed by atoms with Crippen LogP contribution in [0.1, 0.15) is 272 Å². The van der Waals surface area contributed by atoms with Crippen molar-refractivity contribution in [1.29, 1.82) is 0 Å². The molecule has 6 heteroatoms. The van der Waals surface area contributed by atoms with E-state index in [4.69, 9.17) is 0 Å².